The molecule has 3 rings (SSSR count). The van der Waals surface area contributed by atoms with Crippen LogP contribution in [0.15, 0.2) is 48.5 Å². The van der Waals surface area contributed by atoms with Gasteiger partial charge in [-0.3, -0.25) is 4.79 Å². The monoisotopic (exact) mass is 402 g/mol. The van der Waals surface area contributed by atoms with Gasteiger partial charge in [-0.05, 0) is 30.3 Å². The van der Waals surface area contributed by atoms with E-state index in [1.165, 1.54) is 29.2 Å². The lowest BCUT2D eigenvalue weighted by Gasteiger charge is -2.36. The van der Waals surface area contributed by atoms with E-state index < -0.39 is 35.0 Å². The highest BCUT2D eigenvalue weighted by Gasteiger charge is 2.36. The molecular weight excluding hydrogens is 386 g/mol. The van der Waals surface area contributed by atoms with Crippen molar-refractivity contribution in [3.05, 3.63) is 65.2 Å². The Labute approximate surface area is 157 Å². The second-order valence-corrected chi connectivity index (χ2v) is 6.37. The Bertz CT molecular complexity index is 854. The molecule has 0 aliphatic carbocycles. The first kappa shape index (κ1) is 20.0. The van der Waals surface area contributed by atoms with Crippen molar-refractivity contribution in [2.45, 2.75) is 12.4 Å². The van der Waals surface area contributed by atoms with Crippen molar-refractivity contribution in [2.75, 3.05) is 31.1 Å². The molecule has 28 heavy (non-hydrogen) atoms. The van der Waals surface area contributed by atoms with Crippen LogP contribution in [-0.4, -0.2) is 37.0 Å². The zero-order valence-electron chi connectivity index (χ0n) is 14.5. The molecule has 1 amide bonds. The van der Waals surface area contributed by atoms with Gasteiger partial charge in [-0.25, -0.2) is 0 Å². The van der Waals surface area contributed by atoms with Crippen LogP contribution in [0.3, 0.4) is 0 Å². The second kappa shape index (κ2) is 7.37. The van der Waals surface area contributed by atoms with Crippen molar-refractivity contribution in [3.8, 4) is 0 Å². The van der Waals surface area contributed by atoms with Crippen LogP contribution in [0.4, 0.5) is 32.0 Å². The number of rotatable bonds is 2. The highest BCUT2D eigenvalue weighted by molar-refractivity contribution is 5.96. The molecule has 2 aromatic rings. The molecule has 0 bridgehead atoms. The molecular formula is C19H16F6N2O. The van der Waals surface area contributed by atoms with Gasteiger partial charge < -0.3 is 9.80 Å². The maximum atomic E-state index is 13.1. The predicted molar refractivity (Wildman–Crippen MR) is 91.0 cm³/mol. The van der Waals surface area contributed by atoms with Crippen molar-refractivity contribution in [2.24, 2.45) is 0 Å². The summed E-state index contributed by atoms with van der Waals surface area (Å²) < 4.78 is 78.0. The smallest absolute Gasteiger partial charge is 0.368 e. The van der Waals surface area contributed by atoms with E-state index >= 15 is 0 Å². The Morgan fingerprint density at radius 3 is 2.04 bits per heavy atom. The summed E-state index contributed by atoms with van der Waals surface area (Å²) >= 11 is 0. The van der Waals surface area contributed by atoms with E-state index in [1.54, 1.807) is 4.90 Å². The Morgan fingerprint density at radius 2 is 1.43 bits per heavy atom. The molecule has 0 saturated carbocycles. The summed E-state index contributed by atoms with van der Waals surface area (Å²) in [4.78, 5) is 15.5. The summed E-state index contributed by atoms with van der Waals surface area (Å²) in [6.45, 7) is 0.672. The minimum Gasteiger partial charge on any atom is -0.368 e. The van der Waals surface area contributed by atoms with Gasteiger partial charge in [0.25, 0.3) is 5.91 Å². The molecule has 1 aliphatic heterocycles. The van der Waals surface area contributed by atoms with Gasteiger partial charge in [-0.1, -0.05) is 18.2 Å². The molecule has 1 aliphatic rings. The molecule has 0 radical (unpaired) electrons. The van der Waals surface area contributed by atoms with E-state index in [1.807, 2.05) is 0 Å². The number of nitrogens with zero attached hydrogens (tertiary/aromatic N) is 2. The Kier molecular flexibility index (Phi) is 5.27. The highest BCUT2D eigenvalue weighted by atomic mass is 19.4. The minimum absolute atomic E-state index is 0.112. The van der Waals surface area contributed by atoms with Gasteiger partial charge in [0.1, 0.15) is 0 Å². The van der Waals surface area contributed by atoms with Gasteiger partial charge >= 0.3 is 12.4 Å². The van der Waals surface area contributed by atoms with Crippen LogP contribution >= 0.6 is 0 Å². The van der Waals surface area contributed by atoms with Gasteiger partial charge in [-0.15, -0.1) is 0 Å². The third-order valence-corrected chi connectivity index (χ3v) is 4.57. The predicted octanol–water partition coefficient (Wildman–Crippen LogP) is 4.69. The summed E-state index contributed by atoms with van der Waals surface area (Å²) in [7, 11) is 0. The van der Waals surface area contributed by atoms with Gasteiger partial charge in [0.15, 0.2) is 0 Å². The van der Waals surface area contributed by atoms with Crippen molar-refractivity contribution in [3.63, 3.8) is 0 Å². The molecule has 150 valence electrons. The van der Waals surface area contributed by atoms with Crippen LogP contribution in [0, 0.1) is 0 Å². The zero-order chi connectivity index (χ0) is 20.5. The molecule has 0 atom stereocenters. The third-order valence-electron chi connectivity index (χ3n) is 4.57. The molecule has 3 nitrogen and oxygen atoms in total. The number of carbonyl (C=O) groups is 1. The number of hydrogen-bond donors (Lipinski definition) is 0. The number of amides is 1. The largest absolute Gasteiger partial charge is 0.417 e. The van der Waals surface area contributed by atoms with Crippen LogP contribution in [0.5, 0.6) is 0 Å². The fourth-order valence-corrected chi connectivity index (χ4v) is 3.13. The number of alkyl halides is 6. The number of halogens is 6. The molecule has 1 heterocycles. The number of anilines is 1. The maximum Gasteiger partial charge on any atom is 0.417 e. The quantitative estimate of drug-likeness (QED) is 0.681. The number of benzene rings is 2. The first-order valence-corrected chi connectivity index (χ1v) is 8.45. The van der Waals surface area contributed by atoms with E-state index in [0.717, 1.165) is 24.3 Å². The van der Waals surface area contributed by atoms with Crippen LogP contribution in [-0.2, 0) is 12.4 Å². The highest BCUT2D eigenvalue weighted by Crippen LogP contribution is 2.33. The summed E-state index contributed by atoms with van der Waals surface area (Å²) in [5.74, 6) is -0.739. The molecule has 1 saturated heterocycles. The van der Waals surface area contributed by atoms with Crippen molar-refractivity contribution in [1.29, 1.82) is 0 Å². The molecule has 1 fully saturated rings. The van der Waals surface area contributed by atoms with E-state index in [9.17, 15) is 31.1 Å². The third kappa shape index (κ3) is 4.23. The fraction of sp³-hybridized carbons (Fsp3) is 0.316. The number of hydrogen-bond acceptors (Lipinski definition) is 2. The standard InChI is InChI=1S/C19H16F6N2O/c20-18(21,22)13-4-3-5-14(12-13)26-8-10-27(11-9-26)17(28)15-6-1-2-7-16(15)19(23,24)25/h1-7,12H,8-11H2. The van der Waals surface area contributed by atoms with Crippen LogP contribution in [0.1, 0.15) is 21.5 Å². The second-order valence-electron chi connectivity index (χ2n) is 6.37. The molecule has 2 aromatic carbocycles. The average Bonchev–Trinajstić information content (AvgIpc) is 2.66. The summed E-state index contributed by atoms with van der Waals surface area (Å²) in [5.41, 5.74) is -1.84. The van der Waals surface area contributed by atoms with E-state index in [2.05, 4.69) is 0 Å². The number of carbonyl (C=O) groups excluding carboxylic acids is 1. The Balaban J connectivity index is 1.72. The van der Waals surface area contributed by atoms with Crippen molar-refractivity contribution >= 4 is 11.6 Å². The van der Waals surface area contributed by atoms with Crippen molar-refractivity contribution in [1.82, 2.24) is 4.90 Å². The van der Waals surface area contributed by atoms with Gasteiger partial charge in [0.2, 0.25) is 0 Å². The van der Waals surface area contributed by atoms with Gasteiger partial charge in [0, 0.05) is 31.9 Å². The molecule has 9 heteroatoms. The SMILES string of the molecule is O=C(c1ccccc1C(F)(F)F)N1CCN(c2cccc(C(F)(F)F)c2)CC1. The van der Waals surface area contributed by atoms with Crippen LogP contribution < -0.4 is 4.90 Å². The van der Waals surface area contributed by atoms with E-state index in [4.69, 9.17) is 0 Å². The topological polar surface area (TPSA) is 23.6 Å². The molecule has 0 aromatic heterocycles. The minimum atomic E-state index is -4.65. The first-order valence-electron chi connectivity index (χ1n) is 8.45. The van der Waals surface area contributed by atoms with Crippen LogP contribution in [0.25, 0.3) is 0 Å². The van der Waals surface area contributed by atoms with Crippen molar-refractivity contribution < 1.29 is 31.1 Å². The van der Waals surface area contributed by atoms with Gasteiger partial charge in [0.05, 0.1) is 16.7 Å². The summed E-state index contributed by atoms with van der Waals surface area (Å²) in [6.07, 6.45) is -9.11. The summed E-state index contributed by atoms with van der Waals surface area (Å²) in [5, 5.41) is 0. The lowest BCUT2D eigenvalue weighted by molar-refractivity contribution is -0.138. The molecule has 0 N–H and O–H groups in total. The van der Waals surface area contributed by atoms with E-state index in [-0.39, 0.29) is 26.2 Å². The lowest BCUT2D eigenvalue weighted by Crippen LogP contribution is -2.49. The fourth-order valence-electron chi connectivity index (χ4n) is 3.13. The molecule has 0 spiro atoms. The van der Waals surface area contributed by atoms with E-state index in [0.29, 0.717) is 5.69 Å². The Morgan fingerprint density at radius 1 is 0.786 bits per heavy atom. The lowest BCUT2D eigenvalue weighted by atomic mass is 10.1. The zero-order valence-corrected chi connectivity index (χ0v) is 14.5. The number of piperazine rings is 1. The maximum absolute atomic E-state index is 13.1. The normalized spacial score (nSPS) is 15.6. The molecule has 0 unspecified atom stereocenters. The Hall–Kier alpha value is -2.71. The first-order chi connectivity index (χ1) is 13.1. The van der Waals surface area contributed by atoms with Gasteiger partial charge in [-0.2, -0.15) is 26.3 Å². The van der Waals surface area contributed by atoms with Crippen LogP contribution in [0.2, 0.25) is 0 Å². The summed E-state index contributed by atoms with van der Waals surface area (Å²) in [6, 6.07) is 9.39. The average molecular weight is 402 g/mol.